The summed E-state index contributed by atoms with van der Waals surface area (Å²) < 4.78 is 77.4. The Morgan fingerprint density at radius 2 is 1.63 bits per heavy atom. The Morgan fingerprint density at radius 3 is 2.14 bits per heavy atom. The normalized spacial score (nSPS) is 13.1. The number of aliphatic hydroxyl groups is 1. The van der Waals surface area contributed by atoms with E-state index in [-0.39, 0.29) is 30.4 Å². The summed E-state index contributed by atoms with van der Waals surface area (Å²) in [5.74, 6) is -2.99. The fourth-order valence-electron chi connectivity index (χ4n) is 2.51. The van der Waals surface area contributed by atoms with Crippen molar-refractivity contribution in [3.05, 3.63) is 72.3 Å². The van der Waals surface area contributed by atoms with E-state index < -0.39 is 47.6 Å². The van der Waals surface area contributed by atoms with Crippen molar-refractivity contribution < 1.29 is 41.0 Å². The van der Waals surface area contributed by atoms with E-state index in [9.17, 15) is 41.0 Å². The smallest absolute Gasteiger partial charge is 0.417 e. The SMILES string of the molecule is Cc1cc(C(=O)/C=C(/c2cc(Cl)c(Cl)c(Cl)c2)C(F)(F)F)sc1C(=O)N/C=C(\O)NCC(F)(F)F. The summed E-state index contributed by atoms with van der Waals surface area (Å²) in [5.41, 5.74) is -1.67. The number of hydrogen-bond donors (Lipinski definition) is 3. The summed E-state index contributed by atoms with van der Waals surface area (Å²) in [5, 5.41) is 12.3. The van der Waals surface area contributed by atoms with Crippen molar-refractivity contribution >= 4 is 63.4 Å². The van der Waals surface area contributed by atoms with Gasteiger partial charge in [-0.25, -0.2) is 0 Å². The molecule has 0 aliphatic carbocycles. The average Bonchev–Trinajstić information content (AvgIpc) is 3.12. The minimum atomic E-state index is -4.98. The van der Waals surface area contributed by atoms with Gasteiger partial charge in [0.25, 0.3) is 5.91 Å². The summed E-state index contributed by atoms with van der Waals surface area (Å²) in [4.78, 5) is 24.5. The Labute approximate surface area is 213 Å². The van der Waals surface area contributed by atoms with E-state index in [4.69, 9.17) is 34.8 Å². The topological polar surface area (TPSA) is 78.4 Å². The van der Waals surface area contributed by atoms with E-state index in [2.05, 4.69) is 0 Å². The molecule has 1 aromatic heterocycles. The molecule has 1 aromatic carbocycles. The summed E-state index contributed by atoms with van der Waals surface area (Å²) in [7, 11) is 0. The van der Waals surface area contributed by atoms with Gasteiger partial charge in [-0.2, -0.15) is 26.3 Å². The highest BCUT2D eigenvalue weighted by molar-refractivity contribution is 7.16. The van der Waals surface area contributed by atoms with Crippen LogP contribution in [-0.4, -0.2) is 35.7 Å². The number of rotatable bonds is 7. The maximum absolute atomic E-state index is 13.7. The molecular formula is C20H13Cl3F6N2O3S. The van der Waals surface area contributed by atoms with Crippen LogP contribution in [0.4, 0.5) is 26.3 Å². The average molecular weight is 582 g/mol. The minimum Gasteiger partial charge on any atom is -0.494 e. The molecule has 3 N–H and O–H groups in total. The third-order valence-electron chi connectivity index (χ3n) is 4.05. The number of benzene rings is 1. The standard InChI is InChI=1S/C20H13Cl3F6N2O3S/c1-8-2-14(35-17(8)18(34)30-6-15(33)31-7-19(24,25)26)13(32)5-10(20(27,28)29)9-3-11(21)16(23)12(22)4-9/h2-6,31,33H,7H2,1H3,(H,30,34)/b10-5-,15-6-. The third kappa shape index (κ3) is 8.06. The van der Waals surface area contributed by atoms with Gasteiger partial charge >= 0.3 is 12.4 Å². The number of carbonyl (C=O) groups excluding carboxylic acids is 2. The first-order valence-electron chi connectivity index (χ1n) is 9.08. The molecule has 0 unspecified atom stereocenters. The van der Waals surface area contributed by atoms with Gasteiger partial charge < -0.3 is 15.7 Å². The number of aryl methyl sites for hydroxylation is 1. The largest absolute Gasteiger partial charge is 0.494 e. The number of hydrogen-bond acceptors (Lipinski definition) is 5. The second-order valence-electron chi connectivity index (χ2n) is 6.77. The molecule has 0 saturated heterocycles. The van der Waals surface area contributed by atoms with Crippen LogP contribution in [-0.2, 0) is 0 Å². The highest BCUT2D eigenvalue weighted by Crippen LogP contribution is 2.40. The number of thiophene rings is 1. The van der Waals surface area contributed by atoms with Gasteiger partial charge in [-0.05, 0) is 42.3 Å². The van der Waals surface area contributed by atoms with E-state index in [1.807, 2.05) is 5.32 Å². The highest BCUT2D eigenvalue weighted by atomic mass is 35.5. The van der Waals surface area contributed by atoms with Crippen molar-refractivity contribution in [2.75, 3.05) is 6.54 Å². The molecule has 35 heavy (non-hydrogen) atoms. The van der Waals surface area contributed by atoms with Crippen LogP contribution in [0.5, 0.6) is 0 Å². The van der Waals surface area contributed by atoms with Crippen molar-refractivity contribution in [2.45, 2.75) is 19.3 Å². The lowest BCUT2D eigenvalue weighted by Crippen LogP contribution is -2.29. The quantitative estimate of drug-likeness (QED) is 0.107. The Bertz CT molecular complexity index is 1180. The van der Waals surface area contributed by atoms with Crippen LogP contribution < -0.4 is 10.6 Å². The van der Waals surface area contributed by atoms with E-state index in [1.165, 1.54) is 13.0 Å². The van der Waals surface area contributed by atoms with Crippen LogP contribution in [0.3, 0.4) is 0 Å². The number of amides is 1. The molecular weight excluding hydrogens is 569 g/mol. The molecule has 0 aliphatic rings. The zero-order valence-corrected chi connectivity index (χ0v) is 20.3. The Morgan fingerprint density at radius 1 is 1.06 bits per heavy atom. The molecule has 0 bridgehead atoms. The fraction of sp³-hybridized carbons (Fsp3) is 0.200. The van der Waals surface area contributed by atoms with Gasteiger partial charge in [-0.3, -0.25) is 9.59 Å². The number of allylic oxidation sites excluding steroid dienone is 2. The molecule has 5 nitrogen and oxygen atoms in total. The Balaban J connectivity index is 2.30. The second-order valence-corrected chi connectivity index (χ2v) is 9.01. The van der Waals surface area contributed by atoms with Crippen molar-refractivity contribution in [3.8, 4) is 0 Å². The van der Waals surface area contributed by atoms with E-state index in [0.717, 1.165) is 12.1 Å². The number of ketones is 1. The van der Waals surface area contributed by atoms with Crippen LogP contribution in [0.1, 0.15) is 30.5 Å². The first-order valence-corrected chi connectivity index (χ1v) is 11.0. The number of nitrogens with one attached hydrogen (secondary N) is 2. The summed E-state index contributed by atoms with van der Waals surface area (Å²) >= 11 is 17.9. The van der Waals surface area contributed by atoms with Crippen LogP contribution >= 0.6 is 46.1 Å². The summed E-state index contributed by atoms with van der Waals surface area (Å²) in [6.45, 7) is -0.166. The van der Waals surface area contributed by atoms with E-state index >= 15 is 0 Å². The number of halogens is 9. The molecule has 0 fully saturated rings. The molecule has 2 rings (SSSR count). The van der Waals surface area contributed by atoms with E-state index in [1.54, 1.807) is 5.32 Å². The fourth-order valence-corrected chi connectivity index (χ4v) is 4.10. The predicted molar refractivity (Wildman–Crippen MR) is 121 cm³/mol. The lowest BCUT2D eigenvalue weighted by Gasteiger charge is -2.13. The summed E-state index contributed by atoms with van der Waals surface area (Å²) in [6, 6.07) is 2.96. The maximum Gasteiger partial charge on any atom is 0.417 e. The van der Waals surface area contributed by atoms with Crippen LogP contribution in [0.15, 0.2) is 36.4 Å². The molecule has 0 saturated carbocycles. The first-order chi connectivity index (χ1) is 16.0. The number of aliphatic hydroxyl groups excluding tert-OH is 1. The van der Waals surface area contributed by atoms with Gasteiger partial charge in [-0.1, -0.05) is 34.8 Å². The minimum absolute atomic E-state index is 0.118. The van der Waals surface area contributed by atoms with Crippen molar-refractivity contribution in [3.63, 3.8) is 0 Å². The van der Waals surface area contributed by atoms with Crippen LogP contribution in [0, 0.1) is 6.92 Å². The van der Waals surface area contributed by atoms with Gasteiger partial charge in [0.2, 0.25) is 5.88 Å². The lowest BCUT2D eigenvalue weighted by molar-refractivity contribution is -0.124. The lowest BCUT2D eigenvalue weighted by atomic mass is 10.0. The third-order valence-corrected chi connectivity index (χ3v) is 6.50. The molecule has 2 aromatic rings. The molecule has 0 radical (unpaired) electrons. The zero-order chi connectivity index (χ0) is 26.7. The second kappa shape index (κ2) is 11.1. The first kappa shape index (κ1) is 28.8. The molecule has 1 amide bonds. The maximum atomic E-state index is 13.7. The number of carbonyl (C=O) groups is 2. The highest BCUT2D eigenvalue weighted by Gasteiger charge is 2.36. The van der Waals surface area contributed by atoms with E-state index in [0.29, 0.717) is 23.6 Å². The van der Waals surface area contributed by atoms with Gasteiger partial charge in [0, 0.05) is 0 Å². The van der Waals surface area contributed by atoms with Gasteiger partial charge in [0.15, 0.2) is 5.78 Å². The molecule has 0 atom stereocenters. The molecule has 1 heterocycles. The number of alkyl halides is 6. The van der Waals surface area contributed by atoms with Crippen molar-refractivity contribution in [2.24, 2.45) is 0 Å². The molecule has 15 heteroatoms. The van der Waals surface area contributed by atoms with Gasteiger partial charge in [-0.15, -0.1) is 11.3 Å². The predicted octanol–water partition coefficient (Wildman–Crippen LogP) is 7.08. The van der Waals surface area contributed by atoms with Gasteiger partial charge in [0.1, 0.15) is 6.54 Å². The monoisotopic (exact) mass is 580 g/mol. The van der Waals surface area contributed by atoms with Crippen LogP contribution in [0.25, 0.3) is 5.57 Å². The molecule has 0 spiro atoms. The van der Waals surface area contributed by atoms with Crippen molar-refractivity contribution in [1.82, 2.24) is 10.6 Å². The Kier molecular flexibility index (Phi) is 9.15. The Hall–Kier alpha value is -2.41. The van der Waals surface area contributed by atoms with Crippen LogP contribution in [0.2, 0.25) is 15.1 Å². The van der Waals surface area contributed by atoms with Crippen molar-refractivity contribution in [1.29, 1.82) is 0 Å². The summed E-state index contributed by atoms with van der Waals surface area (Å²) in [6.07, 6.45) is -8.72. The molecule has 0 aliphatic heterocycles. The van der Waals surface area contributed by atoms with Gasteiger partial charge in [0.05, 0.1) is 36.6 Å². The molecule has 190 valence electrons. The zero-order valence-electron chi connectivity index (χ0n) is 17.2.